The van der Waals surface area contributed by atoms with E-state index in [2.05, 4.69) is 27.5 Å². The number of halogens is 2. The van der Waals surface area contributed by atoms with E-state index in [1.54, 1.807) is 0 Å². The maximum atomic E-state index is 12.6. The standard InChI is InChI=1S/C17H16ClIN2O/c18-13-5-7-14(8-6-13)20-9-11-21(12-10-20)17(22)15-3-1-2-4-16(15)19/h1-8H,9-12H2. The largest absolute Gasteiger partial charge is 0.368 e. The highest BCUT2D eigenvalue weighted by Crippen LogP contribution is 2.21. The number of anilines is 1. The van der Waals surface area contributed by atoms with Crippen LogP contribution in [0.2, 0.25) is 5.02 Å². The fourth-order valence-corrected chi connectivity index (χ4v) is 3.37. The molecule has 0 aromatic heterocycles. The minimum atomic E-state index is 0.126. The molecule has 0 unspecified atom stereocenters. The van der Waals surface area contributed by atoms with E-state index in [9.17, 15) is 4.79 Å². The molecule has 3 nitrogen and oxygen atoms in total. The Bertz CT molecular complexity index is 667. The van der Waals surface area contributed by atoms with Crippen molar-refractivity contribution < 1.29 is 4.79 Å². The van der Waals surface area contributed by atoms with Gasteiger partial charge < -0.3 is 9.80 Å². The molecule has 22 heavy (non-hydrogen) atoms. The second-order valence-corrected chi connectivity index (χ2v) is 6.83. The molecule has 0 aliphatic carbocycles. The molecule has 1 heterocycles. The molecule has 0 spiro atoms. The molecule has 2 aromatic carbocycles. The van der Waals surface area contributed by atoms with Crippen LogP contribution in [-0.4, -0.2) is 37.0 Å². The first-order valence-electron chi connectivity index (χ1n) is 7.19. The molecule has 2 aromatic rings. The first kappa shape index (κ1) is 15.6. The molecule has 1 aliphatic heterocycles. The van der Waals surface area contributed by atoms with Crippen LogP contribution in [-0.2, 0) is 0 Å². The Morgan fingerprint density at radius 1 is 0.955 bits per heavy atom. The van der Waals surface area contributed by atoms with Crippen molar-refractivity contribution in [1.29, 1.82) is 0 Å². The van der Waals surface area contributed by atoms with Crippen LogP contribution >= 0.6 is 34.2 Å². The normalized spacial score (nSPS) is 15.0. The number of amides is 1. The summed E-state index contributed by atoms with van der Waals surface area (Å²) in [4.78, 5) is 16.8. The predicted octanol–water partition coefficient (Wildman–Crippen LogP) is 3.91. The lowest BCUT2D eigenvalue weighted by Crippen LogP contribution is -2.48. The monoisotopic (exact) mass is 426 g/mol. The van der Waals surface area contributed by atoms with E-state index in [0.717, 1.165) is 46.0 Å². The van der Waals surface area contributed by atoms with Gasteiger partial charge in [-0.3, -0.25) is 4.79 Å². The number of hydrogen-bond donors (Lipinski definition) is 0. The van der Waals surface area contributed by atoms with Crippen molar-refractivity contribution in [2.24, 2.45) is 0 Å². The van der Waals surface area contributed by atoms with Gasteiger partial charge in [-0.1, -0.05) is 23.7 Å². The third kappa shape index (κ3) is 3.38. The Labute approximate surface area is 149 Å². The molecular weight excluding hydrogens is 411 g/mol. The number of carbonyl (C=O) groups is 1. The lowest BCUT2D eigenvalue weighted by atomic mass is 10.1. The minimum absolute atomic E-state index is 0.126. The zero-order chi connectivity index (χ0) is 15.5. The van der Waals surface area contributed by atoms with E-state index in [1.807, 2.05) is 53.4 Å². The van der Waals surface area contributed by atoms with Crippen molar-refractivity contribution in [3.8, 4) is 0 Å². The fourth-order valence-electron chi connectivity index (χ4n) is 2.62. The smallest absolute Gasteiger partial charge is 0.255 e. The van der Waals surface area contributed by atoms with Crippen molar-refractivity contribution in [2.75, 3.05) is 31.1 Å². The van der Waals surface area contributed by atoms with Gasteiger partial charge in [0.1, 0.15) is 0 Å². The minimum Gasteiger partial charge on any atom is -0.368 e. The van der Waals surface area contributed by atoms with E-state index in [4.69, 9.17) is 11.6 Å². The van der Waals surface area contributed by atoms with Crippen molar-refractivity contribution in [2.45, 2.75) is 0 Å². The summed E-state index contributed by atoms with van der Waals surface area (Å²) in [6, 6.07) is 15.6. The molecule has 0 radical (unpaired) electrons. The summed E-state index contributed by atoms with van der Waals surface area (Å²) in [5, 5.41) is 0.746. The molecular formula is C17H16ClIN2O. The average Bonchev–Trinajstić information content (AvgIpc) is 2.56. The third-order valence-corrected chi connectivity index (χ3v) is 5.06. The molecule has 114 valence electrons. The molecule has 1 saturated heterocycles. The van der Waals surface area contributed by atoms with Crippen LogP contribution in [0.25, 0.3) is 0 Å². The molecule has 1 amide bonds. The third-order valence-electron chi connectivity index (χ3n) is 3.86. The lowest BCUT2D eigenvalue weighted by molar-refractivity contribution is 0.0745. The Morgan fingerprint density at radius 3 is 2.23 bits per heavy atom. The highest BCUT2D eigenvalue weighted by Gasteiger charge is 2.23. The van der Waals surface area contributed by atoms with Crippen LogP contribution in [0.1, 0.15) is 10.4 Å². The maximum absolute atomic E-state index is 12.6. The van der Waals surface area contributed by atoms with Crippen LogP contribution in [0.4, 0.5) is 5.69 Å². The number of benzene rings is 2. The number of hydrogen-bond acceptors (Lipinski definition) is 2. The Hall–Kier alpha value is -1.27. The molecule has 0 atom stereocenters. The van der Waals surface area contributed by atoms with Crippen LogP contribution in [0.15, 0.2) is 48.5 Å². The summed E-state index contributed by atoms with van der Waals surface area (Å²) in [6.07, 6.45) is 0. The molecule has 5 heteroatoms. The van der Waals surface area contributed by atoms with Gasteiger partial charge in [-0.05, 0) is 59.0 Å². The summed E-state index contributed by atoms with van der Waals surface area (Å²) in [7, 11) is 0. The van der Waals surface area contributed by atoms with Crippen molar-refractivity contribution in [3.05, 3.63) is 62.7 Å². The summed E-state index contributed by atoms with van der Waals surface area (Å²) in [6.45, 7) is 3.17. The Morgan fingerprint density at radius 2 is 1.59 bits per heavy atom. The molecule has 0 saturated carbocycles. The number of piperazine rings is 1. The van der Waals surface area contributed by atoms with Crippen LogP contribution < -0.4 is 4.90 Å². The SMILES string of the molecule is O=C(c1ccccc1I)N1CCN(c2ccc(Cl)cc2)CC1. The molecule has 1 aliphatic rings. The fraction of sp³-hybridized carbons (Fsp3) is 0.235. The Balaban J connectivity index is 1.65. The highest BCUT2D eigenvalue weighted by atomic mass is 127. The summed E-state index contributed by atoms with van der Waals surface area (Å²) in [5.74, 6) is 0.126. The van der Waals surface area contributed by atoms with Crippen molar-refractivity contribution in [3.63, 3.8) is 0 Å². The molecule has 1 fully saturated rings. The summed E-state index contributed by atoms with van der Waals surface area (Å²) >= 11 is 8.14. The van der Waals surface area contributed by atoms with E-state index < -0.39 is 0 Å². The zero-order valence-electron chi connectivity index (χ0n) is 12.0. The van der Waals surface area contributed by atoms with Crippen LogP contribution in [0, 0.1) is 3.57 Å². The van der Waals surface area contributed by atoms with Gasteiger partial charge in [-0.25, -0.2) is 0 Å². The topological polar surface area (TPSA) is 23.6 Å². The van der Waals surface area contributed by atoms with Gasteiger partial charge in [0.25, 0.3) is 5.91 Å². The van der Waals surface area contributed by atoms with Crippen molar-refractivity contribution in [1.82, 2.24) is 4.90 Å². The second-order valence-electron chi connectivity index (χ2n) is 5.24. The van der Waals surface area contributed by atoms with Gasteiger partial charge in [-0.2, -0.15) is 0 Å². The van der Waals surface area contributed by atoms with E-state index >= 15 is 0 Å². The molecule has 0 bridgehead atoms. The summed E-state index contributed by atoms with van der Waals surface area (Å²) in [5.41, 5.74) is 1.95. The Kier molecular flexibility index (Phi) is 4.88. The van der Waals surface area contributed by atoms with Gasteiger partial charge >= 0.3 is 0 Å². The van der Waals surface area contributed by atoms with Crippen LogP contribution in [0.3, 0.4) is 0 Å². The average molecular weight is 427 g/mol. The number of carbonyl (C=O) groups excluding carboxylic acids is 1. The van der Waals surface area contributed by atoms with Gasteiger partial charge in [0.2, 0.25) is 0 Å². The summed E-state index contributed by atoms with van der Waals surface area (Å²) < 4.78 is 1.00. The molecule has 0 N–H and O–H groups in total. The van der Waals surface area contributed by atoms with Gasteiger partial charge in [0, 0.05) is 40.5 Å². The zero-order valence-corrected chi connectivity index (χ0v) is 14.9. The maximum Gasteiger partial charge on any atom is 0.255 e. The van der Waals surface area contributed by atoms with E-state index in [0.29, 0.717) is 0 Å². The first-order chi connectivity index (χ1) is 10.6. The van der Waals surface area contributed by atoms with E-state index in [1.165, 1.54) is 0 Å². The van der Waals surface area contributed by atoms with E-state index in [-0.39, 0.29) is 5.91 Å². The first-order valence-corrected chi connectivity index (χ1v) is 8.65. The predicted molar refractivity (Wildman–Crippen MR) is 98.7 cm³/mol. The van der Waals surface area contributed by atoms with Gasteiger partial charge in [0.15, 0.2) is 0 Å². The highest BCUT2D eigenvalue weighted by molar-refractivity contribution is 14.1. The second kappa shape index (κ2) is 6.87. The quantitative estimate of drug-likeness (QED) is 0.680. The lowest BCUT2D eigenvalue weighted by Gasteiger charge is -2.36. The van der Waals surface area contributed by atoms with Crippen LogP contribution in [0.5, 0.6) is 0 Å². The number of rotatable bonds is 2. The number of nitrogens with zero attached hydrogens (tertiary/aromatic N) is 2. The molecule has 3 rings (SSSR count). The van der Waals surface area contributed by atoms with Gasteiger partial charge in [0.05, 0.1) is 5.56 Å². The van der Waals surface area contributed by atoms with Gasteiger partial charge in [-0.15, -0.1) is 0 Å². The van der Waals surface area contributed by atoms with Crippen molar-refractivity contribution >= 4 is 45.8 Å².